The third-order valence-corrected chi connectivity index (χ3v) is 4.50. The average molecular weight is 317 g/mol. The number of piperazine rings is 1. The number of urea groups is 1. The van der Waals surface area contributed by atoms with Crippen LogP contribution < -0.4 is 5.32 Å². The van der Waals surface area contributed by atoms with Crippen LogP contribution in [0.1, 0.15) is 26.7 Å². The number of amides is 2. The van der Waals surface area contributed by atoms with E-state index in [9.17, 15) is 9.59 Å². The van der Waals surface area contributed by atoms with Crippen LogP contribution in [0.5, 0.6) is 0 Å². The number of nitrogens with zero attached hydrogens (tertiary/aromatic N) is 2. The summed E-state index contributed by atoms with van der Waals surface area (Å²) in [6.07, 6.45) is 1.15. The van der Waals surface area contributed by atoms with E-state index in [4.69, 9.17) is 5.11 Å². The minimum atomic E-state index is -0.769. The van der Waals surface area contributed by atoms with Crippen LogP contribution in [-0.2, 0) is 4.79 Å². The fraction of sp³-hybridized carbons (Fsp3) is 0.857. The van der Waals surface area contributed by atoms with Crippen LogP contribution in [0.2, 0.25) is 0 Å². The fourth-order valence-electron chi connectivity index (χ4n) is 2.21. The molecule has 122 valence electrons. The van der Waals surface area contributed by atoms with E-state index in [0.29, 0.717) is 19.6 Å². The van der Waals surface area contributed by atoms with Crippen LogP contribution in [0.4, 0.5) is 4.79 Å². The zero-order valence-electron chi connectivity index (χ0n) is 13.0. The van der Waals surface area contributed by atoms with E-state index in [2.05, 4.69) is 17.1 Å². The number of carbonyl (C=O) groups excluding carboxylic acids is 1. The molecule has 21 heavy (non-hydrogen) atoms. The highest BCUT2D eigenvalue weighted by atomic mass is 32.2. The number of carbonyl (C=O) groups is 2. The fourth-order valence-corrected chi connectivity index (χ4v) is 3.02. The minimum absolute atomic E-state index is 0.00174. The second kappa shape index (κ2) is 9.89. The summed E-state index contributed by atoms with van der Waals surface area (Å²) < 4.78 is 0. The van der Waals surface area contributed by atoms with Crippen LogP contribution in [0.3, 0.4) is 0 Å². The van der Waals surface area contributed by atoms with Gasteiger partial charge in [-0.2, -0.15) is 11.8 Å². The molecule has 1 atom stereocenters. The molecule has 1 unspecified atom stereocenters. The summed E-state index contributed by atoms with van der Waals surface area (Å²) in [4.78, 5) is 26.6. The third kappa shape index (κ3) is 7.57. The highest BCUT2D eigenvalue weighted by molar-refractivity contribution is 7.99. The van der Waals surface area contributed by atoms with Gasteiger partial charge in [-0.15, -0.1) is 0 Å². The van der Waals surface area contributed by atoms with Crippen LogP contribution in [0.25, 0.3) is 0 Å². The summed E-state index contributed by atoms with van der Waals surface area (Å²) in [7, 11) is 0. The molecule has 1 rings (SSSR count). The second-order valence-electron chi connectivity index (χ2n) is 5.31. The lowest BCUT2D eigenvalue weighted by Gasteiger charge is -2.35. The summed E-state index contributed by atoms with van der Waals surface area (Å²) in [6.45, 7) is 7.58. The van der Waals surface area contributed by atoms with Crippen molar-refractivity contribution in [3.8, 4) is 0 Å². The maximum absolute atomic E-state index is 12.1. The van der Waals surface area contributed by atoms with E-state index in [1.165, 1.54) is 0 Å². The highest BCUT2D eigenvalue weighted by Gasteiger charge is 2.22. The lowest BCUT2D eigenvalue weighted by atomic mass is 10.2. The summed E-state index contributed by atoms with van der Waals surface area (Å²) >= 11 is 1.89. The molecule has 1 aliphatic heterocycles. The Morgan fingerprint density at radius 3 is 2.52 bits per heavy atom. The minimum Gasteiger partial charge on any atom is -0.481 e. The Kier molecular flexibility index (Phi) is 8.52. The quantitative estimate of drug-likeness (QED) is 0.661. The van der Waals surface area contributed by atoms with Gasteiger partial charge in [-0.25, -0.2) is 4.79 Å². The zero-order valence-corrected chi connectivity index (χ0v) is 13.8. The molecule has 1 fully saturated rings. The summed E-state index contributed by atoms with van der Waals surface area (Å²) in [5.41, 5.74) is 0. The van der Waals surface area contributed by atoms with Gasteiger partial charge < -0.3 is 15.3 Å². The molecule has 2 N–H and O–H groups in total. The molecule has 0 aromatic carbocycles. The van der Waals surface area contributed by atoms with Crippen molar-refractivity contribution in [2.75, 3.05) is 44.2 Å². The number of carboxylic acid groups (broad SMARTS) is 1. The van der Waals surface area contributed by atoms with Gasteiger partial charge in [0.2, 0.25) is 0 Å². The third-order valence-electron chi connectivity index (χ3n) is 3.57. The Balaban J connectivity index is 2.20. The van der Waals surface area contributed by atoms with E-state index < -0.39 is 5.97 Å². The molecule has 0 aliphatic carbocycles. The van der Waals surface area contributed by atoms with Crippen molar-refractivity contribution in [3.63, 3.8) is 0 Å². The molecule has 6 nitrogen and oxygen atoms in total. The van der Waals surface area contributed by atoms with Gasteiger partial charge in [0, 0.05) is 38.8 Å². The Labute approximate surface area is 131 Å². The van der Waals surface area contributed by atoms with Gasteiger partial charge >= 0.3 is 12.0 Å². The smallest absolute Gasteiger partial charge is 0.317 e. The summed E-state index contributed by atoms with van der Waals surface area (Å²) in [6, 6.07) is 0.198. The number of rotatable bonds is 8. The largest absolute Gasteiger partial charge is 0.481 e. The standard InChI is InChI=1S/C14H27N3O3S/c1-3-21-11-5-12(2)15-14(20)17-9-7-16(8-10-17)6-4-13(18)19/h12H,3-11H2,1-2H3,(H,15,20)(H,18,19). The highest BCUT2D eigenvalue weighted by Crippen LogP contribution is 2.06. The van der Waals surface area contributed by atoms with Crippen molar-refractivity contribution in [2.24, 2.45) is 0 Å². The first-order valence-electron chi connectivity index (χ1n) is 7.60. The van der Waals surface area contributed by atoms with Crippen LogP contribution >= 0.6 is 11.8 Å². The Morgan fingerprint density at radius 1 is 1.29 bits per heavy atom. The van der Waals surface area contributed by atoms with Gasteiger partial charge in [0.05, 0.1) is 6.42 Å². The molecule has 0 saturated carbocycles. The molecule has 0 bridgehead atoms. The molecular weight excluding hydrogens is 290 g/mol. The number of thioether (sulfide) groups is 1. The number of carboxylic acids is 1. The van der Waals surface area contributed by atoms with Gasteiger partial charge in [0.1, 0.15) is 0 Å². The van der Waals surface area contributed by atoms with Gasteiger partial charge in [-0.05, 0) is 24.9 Å². The normalized spacial score (nSPS) is 17.5. The van der Waals surface area contributed by atoms with Crippen molar-refractivity contribution in [2.45, 2.75) is 32.7 Å². The molecule has 2 amide bonds. The Morgan fingerprint density at radius 2 is 1.95 bits per heavy atom. The zero-order chi connectivity index (χ0) is 15.7. The van der Waals surface area contributed by atoms with Crippen molar-refractivity contribution >= 4 is 23.8 Å². The molecule has 7 heteroatoms. The van der Waals surface area contributed by atoms with E-state index in [0.717, 1.165) is 31.0 Å². The average Bonchev–Trinajstić information content (AvgIpc) is 2.45. The maximum Gasteiger partial charge on any atom is 0.317 e. The van der Waals surface area contributed by atoms with Crippen LogP contribution in [0, 0.1) is 0 Å². The van der Waals surface area contributed by atoms with Gasteiger partial charge in [-0.1, -0.05) is 6.92 Å². The first-order valence-corrected chi connectivity index (χ1v) is 8.75. The Bertz CT molecular complexity index is 333. The molecule has 1 aliphatic rings. The molecule has 1 heterocycles. The first-order chi connectivity index (χ1) is 10.0. The number of nitrogens with one attached hydrogen (secondary N) is 1. The summed E-state index contributed by atoms with van der Waals surface area (Å²) in [5, 5.41) is 11.7. The molecule has 0 spiro atoms. The number of hydrogen-bond donors (Lipinski definition) is 2. The van der Waals surface area contributed by atoms with Crippen LogP contribution in [-0.4, -0.2) is 77.2 Å². The number of aliphatic carboxylic acids is 1. The van der Waals surface area contributed by atoms with Crippen molar-refractivity contribution < 1.29 is 14.7 Å². The van der Waals surface area contributed by atoms with Crippen molar-refractivity contribution in [3.05, 3.63) is 0 Å². The summed E-state index contributed by atoms with van der Waals surface area (Å²) in [5.74, 6) is 1.41. The van der Waals surface area contributed by atoms with Crippen molar-refractivity contribution in [1.29, 1.82) is 0 Å². The van der Waals surface area contributed by atoms with Crippen molar-refractivity contribution in [1.82, 2.24) is 15.1 Å². The first kappa shape index (κ1) is 18.1. The lowest BCUT2D eigenvalue weighted by Crippen LogP contribution is -2.53. The maximum atomic E-state index is 12.1. The van der Waals surface area contributed by atoms with Crippen LogP contribution in [0.15, 0.2) is 0 Å². The lowest BCUT2D eigenvalue weighted by molar-refractivity contribution is -0.137. The van der Waals surface area contributed by atoms with E-state index >= 15 is 0 Å². The molecular formula is C14H27N3O3S. The number of hydrogen-bond acceptors (Lipinski definition) is 4. The second-order valence-corrected chi connectivity index (χ2v) is 6.70. The SMILES string of the molecule is CCSCCC(C)NC(=O)N1CCN(CCC(=O)O)CC1. The Hall–Kier alpha value is -0.950. The topological polar surface area (TPSA) is 72.9 Å². The van der Waals surface area contributed by atoms with E-state index in [1.807, 2.05) is 23.6 Å². The van der Waals surface area contributed by atoms with E-state index in [-0.39, 0.29) is 18.5 Å². The van der Waals surface area contributed by atoms with Gasteiger partial charge in [-0.3, -0.25) is 9.69 Å². The molecule has 1 saturated heterocycles. The molecule has 0 aromatic heterocycles. The molecule has 0 radical (unpaired) electrons. The molecule has 0 aromatic rings. The predicted octanol–water partition coefficient (Wildman–Crippen LogP) is 1.32. The van der Waals surface area contributed by atoms with E-state index in [1.54, 1.807) is 0 Å². The monoisotopic (exact) mass is 317 g/mol. The predicted molar refractivity (Wildman–Crippen MR) is 85.9 cm³/mol. The van der Waals surface area contributed by atoms with Gasteiger partial charge in [0.25, 0.3) is 0 Å². The van der Waals surface area contributed by atoms with Gasteiger partial charge in [0.15, 0.2) is 0 Å².